The van der Waals surface area contributed by atoms with Gasteiger partial charge in [-0.1, -0.05) is 56.3 Å². The van der Waals surface area contributed by atoms with Crippen LogP contribution in [0.15, 0.2) is 42.5 Å². The standard InChI is InChI=1S/C17H23N/c1-3-17(4-2,13-18)12-15-10-7-9-14-8-5-6-11-16(14)15/h5-11H,3-4,12-13,18H2,1-2H3. The molecule has 0 heterocycles. The number of benzene rings is 2. The van der Waals surface area contributed by atoms with E-state index in [-0.39, 0.29) is 5.41 Å². The third kappa shape index (κ3) is 2.41. The summed E-state index contributed by atoms with van der Waals surface area (Å²) < 4.78 is 0. The molecule has 0 aromatic heterocycles. The molecule has 0 unspecified atom stereocenters. The van der Waals surface area contributed by atoms with Crippen LogP contribution in [0.3, 0.4) is 0 Å². The zero-order chi connectivity index (χ0) is 13.0. The van der Waals surface area contributed by atoms with Crippen LogP contribution in [0, 0.1) is 5.41 Å². The van der Waals surface area contributed by atoms with E-state index in [1.165, 1.54) is 16.3 Å². The normalized spacial score (nSPS) is 11.9. The monoisotopic (exact) mass is 241 g/mol. The van der Waals surface area contributed by atoms with Crippen molar-refractivity contribution in [2.24, 2.45) is 11.1 Å². The van der Waals surface area contributed by atoms with Gasteiger partial charge in [0.2, 0.25) is 0 Å². The van der Waals surface area contributed by atoms with Gasteiger partial charge in [-0.15, -0.1) is 0 Å². The molecule has 2 rings (SSSR count). The molecule has 1 heteroatoms. The average molecular weight is 241 g/mol. The van der Waals surface area contributed by atoms with Crippen molar-refractivity contribution in [3.8, 4) is 0 Å². The molecular weight excluding hydrogens is 218 g/mol. The van der Waals surface area contributed by atoms with Crippen LogP contribution < -0.4 is 5.73 Å². The Morgan fingerprint density at radius 1 is 0.944 bits per heavy atom. The first kappa shape index (κ1) is 13.1. The predicted octanol–water partition coefficient (Wildman–Crippen LogP) is 4.15. The van der Waals surface area contributed by atoms with Crippen LogP contribution in [0.2, 0.25) is 0 Å². The molecule has 18 heavy (non-hydrogen) atoms. The molecule has 0 bridgehead atoms. The highest BCUT2D eigenvalue weighted by molar-refractivity contribution is 5.85. The molecule has 0 aliphatic heterocycles. The highest BCUT2D eigenvalue weighted by atomic mass is 14.6. The van der Waals surface area contributed by atoms with Gasteiger partial charge in [0.15, 0.2) is 0 Å². The van der Waals surface area contributed by atoms with E-state index < -0.39 is 0 Å². The summed E-state index contributed by atoms with van der Waals surface area (Å²) in [6.45, 7) is 5.27. The van der Waals surface area contributed by atoms with Crippen LogP contribution in [0.5, 0.6) is 0 Å². The number of fused-ring (bicyclic) bond motifs is 1. The molecule has 96 valence electrons. The number of nitrogens with two attached hydrogens (primary N) is 1. The third-order valence-corrected chi connectivity index (χ3v) is 4.38. The van der Waals surface area contributed by atoms with E-state index in [9.17, 15) is 0 Å². The lowest BCUT2D eigenvalue weighted by atomic mass is 9.76. The summed E-state index contributed by atoms with van der Waals surface area (Å²) in [5.41, 5.74) is 7.71. The van der Waals surface area contributed by atoms with Crippen molar-refractivity contribution < 1.29 is 0 Å². The van der Waals surface area contributed by atoms with Crippen molar-refractivity contribution in [2.45, 2.75) is 33.1 Å². The third-order valence-electron chi connectivity index (χ3n) is 4.38. The molecule has 0 saturated heterocycles. The summed E-state index contributed by atoms with van der Waals surface area (Å²) in [5.74, 6) is 0. The zero-order valence-electron chi connectivity index (χ0n) is 11.4. The van der Waals surface area contributed by atoms with Gasteiger partial charge >= 0.3 is 0 Å². The highest BCUT2D eigenvalue weighted by Crippen LogP contribution is 2.32. The molecule has 2 aromatic carbocycles. The Kier molecular flexibility index (Phi) is 4.03. The van der Waals surface area contributed by atoms with Gasteiger partial charge < -0.3 is 5.73 Å². The highest BCUT2D eigenvalue weighted by Gasteiger charge is 2.25. The Morgan fingerprint density at radius 2 is 1.61 bits per heavy atom. The first-order chi connectivity index (χ1) is 8.74. The largest absolute Gasteiger partial charge is 0.330 e. The van der Waals surface area contributed by atoms with Crippen molar-refractivity contribution in [3.63, 3.8) is 0 Å². The SMILES string of the molecule is CCC(CC)(CN)Cc1cccc2ccccc12. The number of hydrogen-bond acceptors (Lipinski definition) is 1. The van der Waals surface area contributed by atoms with E-state index in [2.05, 4.69) is 56.3 Å². The van der Waals surface area contributed by atoms with Gasteiger partial charge in [-0.25, -0.2) is 0 Å². The fraction of sp³-hybridized carbons (Fsp3) is 0.412. The van der Waals surface area contributed by atoms with Crippen molar-refractivity contribution in [1.29, 1.82) is 0 Å². The molecule has 0 amide bonds. The van der Waals surface area contributed by atoms with Gasteiger partial charge in [0.25, 0.3) is 0 Å². The second-order valence-corrected chi connectivity index (χ2v) is 5.23. The van der Waals surface area contributed by atoms with Crippen LogP contribution in [0.25, 0.3) is 10.8 Å². The summed E-state index contributed by atoms with van der Waals surface area (Å²) in [6, 6.07) is 15.2. The van der Waals surface area contributed by atoms with Crippen LogP contribution in [-0.2, 0) is 6.42 Å². The Hall–Kier alpha value is -1.34. The summed E-state index contributed by atoms with van der Waals surface area (Å²) in [4.78, 5) is 0. The lowest BCUT2D eigenvalue weighted by Crippen LogP contribution is -2.31. The van der Waals surface area contributed by atoms with Crippen LogP contribution >= 0.6 is 0 Å². The summed E-state index contributed by atoms with van der Waals surface area (Å²) >= 11 is 0. The summed E-state index contributed by atoms with van der Waals surface area (Å²) in [5, 5.41) is 2.70. The smallest absolute Gasteiger partial charge is 0.00175 e. The van der Waals surface area contributed by atoms with Crippen molar-refractivity contribution >= 4 is 10.8 Å². The lowest BCUT2D eigenvalue weighted by molar-refractivity contribution is 0.272. The van der Waals surface area contributed by atoms with E-state index in [0.29, 0.717) is 0 Å². The van der Waals surface area contributed by atoms with Gasteiger partial charge in [0.1, 0.15) is 0 Å². The molecule has 0 aliphatic carbocycles. The van der Waals surface area contributed by atoms with E-state index in [1.807, 2.05) is 0 Å². The molecule has 0 spiro atoms. The van der Waals surface area contributed by atoms with E-state index in [4.69, 9.17) is 5.73 Å². The second kappa shape index (κ2) is 5.53. The minimum absolute atomic E-state index is 0.254. The Morgan fingerprint density at radius 3 is 2.28 bits per heavy atom. The van der Waals surface area contributed by atoms with Gasteiger partial charge in [-0.05, 0) is 47.6 Å². The minimum atomic E-state index is 0.254. The maximum Gasteiger partial charge on any atom is -0.00175 e. The molecule has 0 aliphatic rings. The molecule has 1 nitrogen and oxygen atoms in total. The van der Waals surface area contributed by atoms with Gasteiger partial charge in [0.05, 0.1) is 0 Å². The van der Waals surface area contributed by atoms with Crippen LogP contribution in [0.4, 0.5) is 0 Å². The topological polar surface area (TPSA) is 26.0 Å². The molecule has 2 N–H and O–H groups in total. The summed E-state index contributed by atoms with van der Waals surface area (Å²) in [6.07, 6.45) is 3.37. The number of rotatable bonds is 5. The molecule has 0 atom stereocenters. The molecule has 0 radical (unpaired) electrons. The maximum atomic E-state index is 6.02. The fourth-order valence-electron chi connectivity index (χ4n) is 2.71. The first-order valence-electron chi connectivity index (χ1n) is 6.91. The van der Waals surface area contributed by atoms with Crippen LogP contribution in [0.1, 0.15) is 32.3 Å². The Bertz CT molecular complexity index is 498. The fourth-order valence-corrected chi connectivity index (χ4v) is 2.71. The molecular formula is C17H23N. The zero-order valence-corrected chi connectivity index (χ0v) is 11.4. The first-order valence-corrected chi connectivity index (χ1v) is 6.91. The maximum absolute atomic E-state index is 6.02. The Labute approximate surface area is 110 Å². The molecule has 0 saturated carbocycles. The van der Waals surface area contributed by atoms with Crippen molar-refractivity contribution in [3.05, 3.63) is 48.0 Å². The number of hydrogen-bond donors (Lipinski definition) is 1. The van der Waals surface area contributed by atoms with E-state index in [1.54, 1.807) is 0 Å². The van der Waals surface area contributed by atoms with Gasteiger partial charge in [-0.2, -0.15) is 0 Å². The van der Waals surface area contributed by atoms with Crippen molar-refractivity contribution in [1.82, 2.24) is 0 Å². The van der Waals surface area contributed by atoms with E-state index in [0.717, 1.165) is 25.8 Å². The quantitative estimate of drug-likeness (QED) is 0.836. The van der Waals surface area contributed by atoms with Gasteiger partial charge in [0, 0.05) is 0 Å². The van der Waals surface area contributed by atoms with Crippen molar-refractivity contribution in [2.75, 3.05) is 6.54 Å². The lowest BCUT2D eigenvalue weighted by Gasteiger charge is -2.30. The predicted molar refractivity (Wildman–Crippen MR) is 79.7 cm³/mol. The van der Waals surface area contributed by atoms with Crippen LogP contribution in [-0.4, -0.2) is 6.54 Å². The summed E-state index contributed by atoms with van der Waals surface area (Å²) in [7, 11) is 0. The minimum Gasteiger partial charge on any atom is -0.330 e. The molecule has 2 aromatic rings. The Balaban J connectivity index is 2.42. The molecule has 0 fully saturated rings. The average Bonchev–Trinajstić information content (AvgIpc) is 2.45. The van der Waals surface area contributed by atoms with E-state index >= 15 is 0 Å². The second-order valence-electron chi connectivity index (χ2n) is 5.23. The van der Waals surface area contributed by atoms with Gasteiger partial charge in [-0.3, -0.25) is 0 Å².